The molecule has 0 bridgehead atoms. The van der Waals surface area contributed by atoms with Gasteiger partial charge in [0.25, 0.3) is 5.91 Å². The predicted octanol–water partition coefficient (Wildman–Crippen LogP) is 2.84. The van der Waals surface area contributed by atoms with Crippen molar-refractivity contribution in [3.05, 3.63) is 76.2 Å². The average molecular weight is 416 g/mol. The number of fused-ring (bicyclic) bond motifs is 1. The van der Waals surface area contributed by atoms with E-state index in [-0.39, 0.29) is 11.6 Å². The van der Waals surface area contributed by atoms with E-state index in [1.165, 1.54) is 0 Å². The fraction of sp³-hybridized carbons (Fsp3) is 0.304. The molecule has 0 atom stereocenters. The van der Waals surface area contributed by atoms with Crippen molar-refractivity contribution >= 4 is 16.9 Å². The molecule has 1 saturated heterocycles. The highest BCUT2D eigenvalue weighted by molar-refractivity contribution is 5.97. The Morgan fingerprint density at radius 3 is 2.77 bits per heavy atom. The minimum absolute atomic E-state index is 0.0477. The van der Waals surface area contributed by atoms with E-state index >= 15 is 0 Å². The monoisotopic (exact) mass is 416 g/mol. The van der Waals surface area contributed by atoms with Crippen LogP contribution in [0, 0.1) is 12.8 Å². The highest BCUT2D eigenvalue weighted by Crippen LogP contribution is 2.24. The fourth-order valence-corrected chi connectivity index (χ4v) is 4.38. The number of H-pyrrole nitrogens is 2. The molecule has 1 aliphatic rings. The molecule has 1 aliphatic heterocycles. The van der Waals surface area contributed by atoms with Gasteiger partial charge in [-0.15, -0.1) is 0 Å². The largest absolute Gasteiger partial charge is 0.347 e. The second-order valence-electron chi connectivity index (χ2n) is 8.14. The van der Waals surface area contributed by atoms with Crippen LogP contribution in [0.25, 0.3) is 16.7 Å². The summed E-state index contributed by atoms with van der Waals surface area (Å²) < 4.78 is 1.67. The van der Waals surface area contributed by atoms with E-state index in [9.17, 15) is 9.59 Å². The first-order valence-electron chi connectivity index (χ1n) is 10.5. The Bertz CT molecular complexity index is 1290. The molecule has 31 heavy (non-hydrogen) atoms. The van der Waals surface area contributed by atoms with Gasteiger partial charge in [0.15, 0.2) is 0 Å². The number of likely N-dealkylation sites (tertiary alicyclic amines) is 1. The Hall–Kier alpha value is -3.68. The Morgan fingerprint density at radius 1 is 1.16 bits per heavy atom. The molecule has 1 amide bonds. The van der Waals surface area contributed by atoms with Crippen LogP contribution in [0.15, 0.2) is 53.6 Å². The van der Waals surface area contributed by atoms with Crippen LogP contribution in [-0.4, -0.2) is 48.6 Å². The van der Waals surface area contributed by atoms with E-state index < -0.39 is 0 Å². The maximum absolute atomic E-state index is 12.9. The molecule has 2 N–H and O–H groups in total. The van der Waals surface area contributed by atoms with Gasteiger partial charge in [-0.25, -0.2) is 19.4 Å². The molecule has 4 aromatic rings. The quantitative estimate of drug-likeness (QED) is 0.534. The van der Waals surface area contributed by atoms with Crippen LogP contribution in [-0.2, 0) is 6.42 Å². The minimum Gasteiger partial charge on any atom is -0.345 e. The van der Waals surface area contributed by atoms with Gasteiger partial charge in [-0.1, -0.05) is 18.2 Å². The lowest BCUT2D eigenvalue weighted by Crippen LogP contribution is -2.39. The van der Waals surface area contributed by atoms with E-state index in [2.05, 4.69) is 20.2 Å². The molecule has 1 fully saturated rings. The summed E-state index contributed by atoms with van der Waals surface area (Å²) in [6.45, 7) is 3.39. The Labute approximate surface area is 178 Å². The zero-order valence-electron chi connectivity index (χ0n) is 17.3. The number of carbonyl (C=O) groups excluding carboxylic acids is 1. The first-order chi connectivity index (χ1) is 15.1. The van der Waals surface area contributed by atoms with E-state index in [0.717, 1.165) is 41.0 Å². The van der Waals surface area contributed by atoms with Crippen LogP contribution in [0.5, 0.6) is 0 Å². The zero-order valence-corrected chi connectivity index (χ0v) is 17.3. The average Bonchev–Trinajstić information content (AvgIpc) is 3.40. The number of piperidine rings is 1. The molecule has 0 radical (unpaired) electrons. The van der Waals surface area contributed by atoms with Gasteiger partial charge in [0.2, 0.25) is 0 Å². The smallest absolute Gasteiger partial charge is 0.345 e. The fourth-order valence-electron chi connectivity index (χ4n) is 4.38. The molecule has 0 spiro atoms. The first-order valence-corrected chi connectivity index (χ1v) is 10.5. The van der Waals surface area contributed by atoms with Crippen molar-refractivity contribution in [2.75, 3.05) is 13.1 Å². The van der Waals surface area contributed by atoms with Crippen LogP contribution < -0.4 is 5.69 Å². The number of nitrogens with zero attached hydrogens (tertiary/aromatic N) is 4. The molecule has 0 aliphatic carbocycles. The van der Waals surface area contributed by atoms with Gasteiger partial charge in [0, 0.05) is 25.1 Å². The van der Waals surface area contributed by atoms with Crippen molar-refractivity contribution in [2.45, 2.75) is 26.2 Å². The van der Waals surface area contributed by atoms with Crippen molar-refractivity contribution in [3.8, 4) is 5.69 Å². The molecule has 3 heterocycles. The maximum atomic E-state index is 12.9. The Kier molecular flexibility index (Phi) is 4.89. The summed E-state index contributed by atoms with van der Waals surface area (Å²) >= 11 is 0. The van der Waals surface area contributed by atoms with E-state index in [0.29, 0.717) is 31.0 Å². The van der Waals surface area contributed by atoms with Gasteiger partial charge in [-0.05, 0) is 55.5 Å². The standard InChI is InChI=1S/C23H24N6O2/c1-15-4-2-3-5-20(15)29-21(26-27-23(29)31)12-16-8-10-28(11-9-16)22(30)17-6-7-18-19(13-17)25-14-24-18/h2-7,13-14,16H,8-12H2,1H3,(H,24,25)(H,27,31). The Balaban J connectivity index is 1.27. The molecule has 158 valence electrons. The van der Waals surface area contributed by atoms with Gasteiger partial charge in [-0.3, -0.25) is 4.79 Å². The van der Waals surface area contributed by atoms with Crippen molar-refractivity contribution in [1.29, 1.82) is 0 Å². The molecule has 0 unspecified atom stereocenters. The molecule has 8 heteroatoms. The van der Waals surface area contributed by atoms with E-state index in [1.807, 2.05) is 54.3 Å². The molecule has 2 aromatic carbocycles. The predicted molar refractivity (Wildman–Crippen MR) is 117 cm³/mol. The first kappa shape index (κ1) is 19.3. The number of hydrogen-bond donors (Lipinski definition) is 2. The zero-order chi connectivity index (χ0) is 21.4. The van der Waals surface area contributed by atoms with Crippen molar-refractivity contribution < 1.29 is 4.79 Å². The second-order valence-corrected chi connectivity index (χ2v) is 8.14. The molecule has 0 saturated carbocycles. The summed E-state index contributed by atoms with van der Waals surface area (Å²) in [4.78, 5) is 34.5. The van der Waals surface area contributed by atoms with Crippen molar-refractivity contribution in [3.63, 3.8) is 0 Å². The third-order valence-corrected chi connectivity index (χ3v) is 6.14. The number of rotatable bonds is 4. The van der Waals surface area contributed by atoms with Crippen LogP contribution in [0.4, 0.5) is 0 Å². The number of aryl methyl sites for hydroxylation is 1. The number of amides is 1. The van der Waals surface area contributed by atoms with E-state index in [4.69, 9.17) is 0 Å². The highest BCUT2D eigenvalue weighted by Gasteiger charge is 2.26. The topological polar surface area (TPSA) is 99.7 Å². The molecular formula is C23H24N6O2. The molecular weight excluding hydrogens is 392 g/mol. The van der Waals surface area contributed by atoms with Gasteiger partial charge in [0.1, 0.15) is 5.82 Å². The third-order valence-electron chi connectivity index (χ3n) is 6.14. The van der Waals surface area contributed by atoms with Crippen molar-refractivity contribution in [2.24, 2.45) is 5.92 Å². The number of hydrogen-bond acceptors (Lipinski definition) is 4. The summed E-state index contributed by atoms with van der Waals surface area (Å²) in [7, 11) is 0. The number of aromatic amines is 2. The molecule has 8 nitrogen and oxygen atoms in total. The second kappa shape index (κ2) is 7.86. The van der Waals surface area contributed by atoms with Crippen LogP contribution in [0.1, 0.15) is 34.6 Å². The molecule has 2 aromatic heterocycles. The van der Waals surface area contributed by atoms with Gasteiger partial charge >= 0.3 is 5.69 Å². The summed E-state index contributed by atoms with van der Waals surface area (Å²) in [5.74, 6) is 1.16. The summed E-state index contributed by atoms with van der Waals surface area (Å²) in [5, 5.41) is 6.89. The number of carbonyl (C=O) groups is 1. The van der Waals surface area contributed by atoms with Crippen LogP contribution >= 0.6 is 0 Å². The number of para-hydroxylation sites is 1. The molecule has 5 rings (SSSR count). The maximum Gasteiger partial charge on any atom is 0.347 e. The minimum atomic E-state index is -0.217. The SMILES string of the molecule is Cc1ccccc1-n1c(CC2CCN(C(=O)c3ccc4nc[nH]c4c3)CC2)n[nH]c1=O. The summed E-state index contributed by atoms with van der Waals surface area (Å²) in [6, 6.07) is 13.4. The Morgan fingerprint density at radius 2 is 1.97 bits per heavy atom. The van der Waals surface area contributed by atoms with Gasteiger partial charge < -0.3 is 9.88 Å². The summed E-state index contributed by atoms with van der Waals surface area (Å²) in [6.07, 6.45) is 4.10. The lowest BCUT2D eigenvalue weighted by atomic mass is 9.92. The number of benzene rings is 2. The highest BCUT2D eigenvalue weighted by atomic mass is 16.2. The normalized spacial score (nSPS) is 14.9. The lowest BCUT2D eigenvalue weighted by Gasteiger charge is -2.32. The lowest BCUT2D eigenvalue weighted by molar-refractivity contribution is 0.0690. The van der Waals surface area contributed by atoms with Gasteiger partial charge in [0.05, 0.1) is 23.0 Å². The van der Waals surface area contributed by atoms with Crippen LogP contribution in [0.2, 0.25) is 0 Å². The third kappa shape index (κ3) is 3.65. The van der Waals surface area contributed by atoms with Crippen LogP contribution in [0.3, 0.4) is 0 Å². The number of nitrogens with one attached hydrogen (secondary N) is 2. The van der Waals surface area contributed by atoms with Gasteiger partial charge in [-0.2, -0.15) is 5.10 Å². The summed E-state index contributed by atoms with van der Waals surface area (Å²) in [5.41, 5.74) is 4.07. The number of aromatic nitrogens is 5. The van der Waals surface area contributed by atoms with Crippen molar-refractivity contribution in [1.82, 2.24) is 29.6 Å². The van der Waals surface area contributed by atoms with E-state index in [1.54, 1.807) is 10.9 Å². The number of imidazole rings is 1.